The van der Waals surface area contributed by atoms with Gasteiger partial charge in [0.15, 0.2) is 0 Å². The Hall–Kier alpha value is -5.05. The maximum absolute atomic E-state index is 14.1. The van der Waals surface area contributed by atoms with Gasteiger partial charge in [0.1, 0.15) is 11.4 Å². The Bertz CT molecular complexity index is 2030. The van der Waals surface area contributed by atoms with Crippen molar-refractivity contribution in [3.63, 3.8) is 0 Å². The fourth-order valence-electron chi connectivity index (χ4n) is 4.58. The number of carbonyl (C=O) groups is 1. The van der Waals surface area contributed by atoms with Crippen molar-refractivity contribution in [1.82, 2.24) is 24.6 Å². The number of nitrogen functional groups attached to an aromatic ring is 1. The van der Waals surface area contributed by atoms with Crippen LogP contribution in [0.1, 0.15) is 34.6 Å². The number of amides is 1. The minimum atomic E-state index is -3.40. The lowest BCUT2D eigenvalue weighted by atomic mass is 10.0. The number of para-hydroxylation sites is 1. The SMILES string of the molecule is C[C@@H](NC(=O)c1c(N)ncc2cccnc12)c1cc2cccc(C#CCNS(C)(=O)=O)c2c(=O)n1-c1ccccc1. The Morgan fingerprint density at radius 3 is 2.56 bits per heavy atom. The minimum absolute atomic E-state index is 0.0495. The summed E-state index contributed by atoms with van der Waals surface area (Å²) in [5.41, 5.74) is 7.93. The zero-order valence-electron chi connectivity index (χ0n) is 22.3. The van der Waals surface area contributed by atoms with Crippen LogP contribution in [0, 0.1) is 11.8 Å². The molecule has 0 saturated heterocycles. The van der Waals surface area contributed by atoms with Gasteiger partial charge in [-0.25, -0.2) is 18.1 Å². The van der Waals surface area contributed by atoms with Gasteiger partial charge in [-0.15, -0.1) is 0 Å². The number of hydrogen-bond donors (Lipinski definition) is 3. The summed E-state index contributed by atoms with van der Waals surface area (Å²) in [5, 5.41) is 4.63. The van der Waals surface area contributed by atoms with Gasteiger partial charge in [0, 0.05) is 34.7 Å². The van der Waals surface area contributed by atoms with Crippen LogP contribution in [-0.2, 0) is 10.0 Å². The molecule has 0 aliphatic carbocycles. The standard InChI is InChI=1S/C30H26N6O4S/c1-19(35-29(37)26-27-22(12-7-15-32-27)18-33-28(26)31)24-17-21-10-6-9-20(11-8-16-34-41(2,39)40)25(21)30(38)36(24)23-13-4-3-5-14-23/h3-7,9-10,12-15,17-19,34H,16H2,1-2H3,(H2,31,33)(H,35,37)/t19-/m1/s1. The van der Waals surface area contributed by atoms with E-state index in [9.17, 15) is 18.0 Å². The number of rotatable bonds is 6. The maximum Gasteiger partial charge on any atom is 0.264 e. The summed E-state index contributed by atoms with van der Waals surface area (Å²) >= 11 is 0. The molecule has 2 aromatic carbocycles. The van der Waals surface area contributed by atoms with E-state index < -0.39 is 22.0 Å². The summed E-state index contributed by atoms with van der Waals surface area (Å²) in [6.07, 6.45) is 4.19. The Morgan fingerprint density at radius 1 is 1.05 bits per heavy atom. The zero-order chi connectivity index (χ0) is 29.1. The predicted molar refractivity (Wildman–Crippen MR) is 159 cm³/mol. The molecule has 0 saturated carbocycles. The first-order chi connectivity index (χ1) is 19.6. The number of anilines is 1. The third-order valence-corrected chi connectivity index (χ3v) is 7.10. The smallest absolute Gasteiger partial charge is 0.264 e. The molecule has 0 unspecified atom stereocenters. The molecule has 1 atom stereocenters. The molecule has 0 aliphatic heterocycles. The minimum Gasteiger partial charge on any atom is -0.383 e. The number of nitrogens with one attached hydrogen (secondary N) is 2. The van der Waals surface area contributed by atoms with Crippen molar-refractivity contribution in [2.24, 2.45) is 0 Å². The van der Waals surface area contributed by atoms with Gasteiger partial charge in [-0.05, 0) is 48.7 Å². The second-order valence-corrected chi connectivity index (χ2v) is 11.2. The summed E-state index contributed by atoms with van der Waals surface area (Å²) in [5.74, 6) is 5.26. The average Bonchev–Trinajstić information content (AvgIpc) is 2.95. The molecule has 3 aromatic heterocycles. The molecule has 5 rings (SSSR count). The van der Waals surface area contributed by atoms with Crippen LogP contribution in [0.2, 0.25) is 0 Å². The monoisotopic (exact) mass is 566 g/mol. The highest BCUT2D eigenvalue weighted by Crippen LogP contribution is 2.25. The highest BCUT2D eigenvalue weighted by Gasteiger charge is 2.22. The Morgan fingerprint density at radius 2 is 1.80 bits per heavy atom. The van der Waals surface area contributed by atoms with Crippen LogP contribution in [0.25, 0.3) is 27.4 Å². The number of carbonyl (C=O) groups excluding carboxylic acids is 1. The van der Waals surface area contributed by atoms with Gasteiger partial charge in [0.25, 0.3) is 11.5 Å². The second-order valence-electron chi connectivity index (χ2n) is 9.36. The molecule has 4 N–H and O–H groups in total. The van der Waals surface area contributed by atoms with Crippen LogP contribution in [0.4, 0.5) is 5.82 Å². The largest absolute Gasteiger partial charge is 0.383 e. The Labute approximate surface area is 236 Å². The number of benzene rings is 2. The molecular formula is C30H26N6O4S. The molecular weight excluding hydrogens is 540 g/mol. The summed E-state index contributed by atoms with van der Waals surface area (Å²) < 4.78 is 26.6. The predicted octanol–water partition coefficient (Wildman–Crippen LogP) is 2.91. The summed E-state index contributed by atoms with van der Waals surface area (Å²) in [6.45, 7) is 1.69. The van der Waals surface area contributed by atoms with Crippen LogP contribution in [0.15, 0.2) is 83.9 Å². The number of pyridine rings is 3. The van der Waals surface area contributed by atoms with Crippen molar-refractivity contribution in [1.29, 1.82) is 0 Å². The van der Waals surface area contributed by atoms with Gasteiger partial charge in [0.05, 0.1) is 29.7 Å². The Balaban J connectivity index is 1.61. The van der Waals surface area contributed by atoms with Crippen molar-refractivity contribution in [3.8, 4) is 17.5 Å². The molecule has 1 amide bonds. The molecule has 0 aliphatic rings. The van der Waals surface area contributed by atoms with E-state index in [1.807, 2.05) is 24.3 Å². The molecule has 206 valence electrons. The Kier molecular flexibility index (Phi) is 7.52. The molecule has 41 heavy (non-hydrogen) atoms. The van der Waals surface area contributed by atoms with E-state index in [4.69, 9.17) is 5.73 Å². The second kappa shape index (κ2) is 11.2. The maximum atomic E-state index is 14.1. The average molecular weight is 567 g/mol. The van der Waals surface area contributed by atoms with Crippen molar-refractivity contribution >= 4 is 43.4 Å². The van der Waals surface area contributed by atoms with E-state index in [1.165, 1.54) is 4.57 Å². The van der Waals surface area contributed by atoms with E-state index in [1.54, 1.807) is 61.8 Å². The number of sulfonamides is 1. The van der Waals surface area contributed by atoms with Crippen LogP contribution < -0.4 is 21.3 Å². The molecule has 10 nitrogen and oxygen atoms in total. The van der Waals surface area contributed by atoms with Crippen molar-refractivity contribution in [3.05, 3.63) is 106 Å². The van der Waals surface area contributed by atoms with Crippen molar-refractivity contribution in [2.75, 3.05) is 18.5 Å². The summed E-state index contributed by atoms with van der Waals surface area (Å²) in [4.78, 5) is 36.1. The van der Waals surface area contributed by atoms with E-state index in [0.29, 0.717) is 38.6 Å². The number of hydrogen-bond acceptors (Lipinski definition) is 7. The number of nitrogens with two attached hydrogens (primary N) is 1. The fraction of sp³-hybridized carbons (Fsp3) is 0.133. The number of fused-ring (bicyclic) bond motifs is 2. The molecule has 0 spiro atoms. The van der Waals surface area contributed by atoms with Crippen LogP contribution >= 0.6 is 0 Å². The molecule has 0 radical (unpaired) electrons. The van der Waals surface area contributed by atoms with Gasteiger partial charge in [0.2, 0.25) is 10.0 Å². The molecule has 11 heteroatoms. The lowest BCUT2D eigenvalue weighted by Crippen LogP contribution is -2.33. The van der Waals surface area contributed by atoms with E-state index in [-0.39, 0.29) is 23.5 Å². The molecule has 5 aromatic rings. The quantitative estimate of drug-likeness (QED) is 0.268. The van der Waals surface area contributed by atoms with E-state index >= 15 is 0 Å². The molecule has 0 bridgehead atoms. The first-order valence-corrected chi connectivity index (χ1v) is 14.5. The number of nitrogens with zero attached hydrogens (tertiary/aromatic N) is 3. The van der Waals surface area contributed by atoms with Crippen LogP contribution in [0.5, 0.6) is 0 Å². The van der Waals surface area contributed by atoms with E-state index in [0.717, 1.165) is 6.26 Å². The molecule has 3 heterocycles. The normalized spacial score (nSPS) is 12.0. The van der Waals surface area contributed by atoms with Gasteiger partial charge in [-0.2, -0.15) is 0 Å². The van der Waals surface area contributed by atoms with E-state index in [2.05, 4.69) is 31.8 Å². The van der Waals surface area contributed by atoms with Crippen molar-refractivity contribution in [2.45, 2.75) is 13.0 Å². The lowest BCUT2D eigenvalue weighted by molar-refractivity contribution is 0.0941. The highest BCUT2D eigenvalue weighted by atomic mass is 32.2. The summed E-state index contributed by atoms with van der Waals surface area (Å²) in [7, 11) is -3.40. The molecule has 0 fully saturated rings. The van der Waals surface area contributed by atoms with Crippen LogP contribution in [-0.4, -0.2) is 41.7 Å². The topological polar surface area (TPSA) is 149 Å². The van der Waals surface area contributed by atoms with Gasteiger partial charge in [-0.3, -0.25) is 19.1 Å². The number of aromatic nitrogens is 3. The third-order valence-electron chi connectivity index (χ3n) is 6.43. The third kappa shape index (κ3) is 5.79. The van der Waals surface area contributed by atoms with Gasteiger partial charge in [-0.1, -0.05) is 42.2 Å². The highest BCUT2D eigenvalue weighted by molar-refractivity contribution is 7.88. The lowest BCUT2D eigenvalue weighted by Gasteiger charge is -2.21. The fourth-order valence-corrected chi connectivity index (χ4v) is 4.91. The van der Waals surface area contributed by atoms with Crippen LogP contribution in [0.3, 0.4) is 0 Å². The van der Waals surface area contributed by atoms with Gasteiger partial charge < -0.3 is 11.1 Å². The first-order valence-electron chi connectivity index (χ1n) is 12.6. The first kappa shape index (κ1) is 27.5. The zero-order valence-corrected chi connectivity index (χ0v) is 23.1. The van der Waals surface area contributed by atoms with Crippen molar-refractivity contribution < 1.29 is 13.2 Å². The summed E-state index contributed by atoms with van der Waals surface area (Å²) in [6, 6.07) is 19.1. The van der Waals surface area contributed by atoms with Gasteiger partial charge >= 0.3 is 0 Å².